The maximum Gasteiger partial charge on any atom is 0.387 e. The van der Waals surface area contributed by atoms with E-state index in [1.54, 1.807) is 0 Å². The van der Waals surface area contributed by atoms with Crippen LogP contribution in [-0.2, 0) is 14.1 Å². The molecule has 0 aliphatic heterocycles. The van der Waals surface area contributed by atoms with Gasteiger partial charge in [-0.2, -0.15) is 8.78 Å². The Morgan fingerprint density at radius 2 is 1.88 bits per heavy atom. The number of alkyl halides is 2. The first-order valence-electron chi connectivity index (χ1n) is 7.36. The van der Waals surface area contributed by atoms with Crippen LogP contribution in [0, 0.1) is 0 Å². The summed E-state index contributed by atoms with van der Waals surface area (Å²) >= 11 is 0. The third-order valence-electron chi connectivity index (χ3n) is 3.55. The van der Waals surface area contributed by atoms with E-state index in [9.17, 15) is 23.2 Å². The Morgan fingerprint density at radius 1 is 1.19 bits per heavy atom. The third-order valence-corrected chi connectivity index (χ3v) is 3.55. The summed E-state index contributed by atoms with van der Waals surface area (Å²) in [5, 5.41) is 0. The summed E-state index contributed by atoms with van der Waals surface area (Å²) in [6.07, 6.45) is 3.73. The van der Waals surface area contributed by atoms with E-state index in [0.717, 1.165) is 10.6 Å². The van der Waals surface area contributed by atoms with Crippen molar-refractivity contribution in [2.45, 2.75) is 6.61 Å². The van der Waals surface area contributed by atoms with Crippen LogP contribution in [0.3, 0.4) is 0 Å². The standard InChI is InChI=1S/C17H16F2N2O5/c1-20-9-11(15(23)21(2)17(20)24)4-6-12(22)10-5-7-13(26-16(18)19)14(8-10)25-3/h4-9,16H,1-3H3/b6-4+. The summed E-state index contributed by atoms with van der Waals surface area (Å²) in [5.74, 6) is -0.708. The van der Waals surface area contributed by atoms with Crippen LogP contribution in [0.4, 0.5) is 8.78 Å². The van der Waals surface area contributed by atoms with Crippen LogP contribution in [0.25, 0.3) is 6.08 Å². The van der Waals surface area contributed by atoms with Crippen LogP contribution in [-0.4, -0.2) is 28.6 Å². The van der Waals surface area contributed by atoms with Crippen molar-refractivity contribution in [3.63, 3.8) is 0 Å². The van der Waals surface area contributed by atoms with Gasteiger partial charge in [0.1, 0.15) is 0 Å². The lowest BCUT2D eigenvalue weighted by molar-refractivity contribution is -0.0512. The highest BCUT2D eigenvalue weighted by Gasteiger charge is 2.13. The van der Waals surface area contributed by atoms with Crippen LogP contribution in [0.2, 0.25) is 0 Å². The van der Waals surface area contributed by atoms with Crippen molar-refractivity contribution in [2.24, 2.45) is 14.1 Å². The fourth-order valence-electron chi connectivity index (χ4n) is 2.23. The highest BCUT2D eigenvalue weighted by molar-refractivity contribution is 6.07. The fraction of sp³-hybridized carbons (Fsp3) is 0.235. The normalized spacial score (nSPS) is 11.2. The molecule has 0 aliphatic carbocycles. The van der Waals surface area contributed by atoms with Gasteiger partial charge >= 0.3 is 12.3 Å². The average Bonchev–Trinajstić information content (AvgIpc) is 2.61. The molecule has 1 heterocycles. The molecule has 0 fully saturated rings. The second kappa shape index (κ2) is 7.77. The molecule has 0 bridgehead atoms. The van der Waals surface area contributed by atoms with Crippen LogP contribution < -0.4 is 20.7 Å². The van der Waals surface area contributed by atoms with Gasteiger partial charge in [0.05, 0.1) is 12.7 Å². The number of hydrogen-bond donors (Lipinski definition) is 0. The first-order valence-corrected chi connectivity index (χ1v) is 7.36. The molecular weight excluding hydrogens is 350 g/mol. The molecule has 9 heteroatoms. The molecule has 26 heavy (non-hydrogen) atoms. The van der Waals surface area contributed by atoms with Crippen molar-refractivity contribution in [1.29, 1.82) is 0 Å². The number of rotatable bonds is 6. The van der Waals surface area contributed by atoms with E-state index in [1.165, 1.54) is 56.2 Å². The van der Waals surface area contributed by atoms with E-state index < -0.39 is 23.6 Å². The molecule has 0 aliphatic rings. The minimum Gasteiger partial charge on any atom is -0.493 e. The minimum atomic E-state index is -3.02. The van der Waals surface area contributed by atoms with Crippen LogP contribution in [0.1, 0.15) is 15.9 Å². The van der Waals surface area contributed by atoms with Crippen molar-refractivity contribution in [3.8, 4) is 11.5 Å². The zero-order chi connectivity index (χ0) is 19.4. The van der Waals surface area contributed by atoms with Crippen molar-refractivity contribution in [3.05, 3.63) is 62.4 Å². The number of aryl methyl sites for hydroxylation is 1. The van der Waals surface area contributed by atoms with Crippen LogP contribution in [0.5, 0.6) is 11.5 Å². The van der Waals surface area contributed by atoms with Crippen molar-refractivity contribution in [2.75, 3.05) is 7.11 Å². The Bertz CT molecular complexity index is 976. The maximum atomic E-state index is 12.3. The maximum absolute atomic E-state index is 12.3. The number of allylic oxidation sites excluding steroid dienone is 1. The Labute approximate surface area is 146 Å². The smallest absolute Gasteiger partial charge is 0.387 e. The lowest BCUT2D eigenvalue weighted by Gasteiger charge is -2.10. The molecule has 0 amide bonds. The SMILES string of the molecule is COc1cc(C(=O)/C=C/c2cn(C)c(=O)n(C)c2=O)ccc1OC(F)F. The first kappa shape index (κ1) is 19.1. The Kier molecular flexibility index (Phi) is 5.71. The lowest BCUT2D eigenvalue weighted by Crippen LogP contribution is -2.37. The number of halogens is 2. The van der Waals surface area contributed by atoms with Crippen LogP contribution >= 0.6 is 0 Å². The van der Waals surface area contributed by atoms with Gasteiger partial charge in [-0.25, -0.2) is 4.79 Å². The Hall–Kier alpha value is -3.23. The number of ketones is 1. The van der Waals surface area contributed by atoms with E-state index in [0.29, 0.717) is 0 Å². The molecule has 1 aromatic carbocycles. The van der Waals surface area contributed by atoms with Gasteiger partial charge in [-0.1, -0.05) is 0 Å². The molecular formula is C17H16F2N2O5. The number of nitrogens with zero attached hydrogens (tertiary/aromatic N) is 2. The summed E-state index contributed by atoms with van der Waals surface area (Å²) in [7, 11) is 4.07. The molecule has 0 saturated carbocycles. The molecule has 2 rings (SSSR count). The Morgan fingerprint density at radius 3 is 2.50 bits per heavy atom. The highest BCUT2D eigenvalue weighted by atomic mass is 19.3. The highest BCUT2D eigenvalue weighted by Crippen LogP contribution is 2.29. The molecule has 0 unspecified atom stereocenters. The number of hydrogen-bond acceptors (Lipinski definition) is 5. The largest absolute Gasteiger partial charge is 0.493 e. The summed E-state index contributed by atoms with van der Waals surface area (Å²) in [4.78, 5) is 35.9. The number of ether oxygens (including phenoxy) is 2. The predicted molar refractivity (Wildman–Crippen MR) is 89.9 cm³/mol. The molecule has 0 saturated heterocycles. The van der Waals surface area contributed by atoms with Crippen molar-refractivity contribution >= 4 is 11.9 Å². The number of benzene rings is 1. The van der Waals surface area contributed by atoms with Crippen molar-refractivity contribution in [1.82, 2.24) is 9.13 Å². The lowest BCUT2D eigenvalue weighted by atomic mass is 10.1. The molecule has 2 aromatic rings. The van der Waals surface area contributed by atoms with E-state index in [2.05, 4.69) is 4.74 Å². The topological polar surface area (TPSA) is 79.5 Å². The van der Waals surface area contributed by atoms with E-state index >= 15 is 0 Å². The van der Waals surface area contributed by atoms with E-state index in [4.69, 9.17) is 4.74 Å². The quantitative estimate of drug-likeness (QED) is 0.573. The van der Waals surface area contributed by atoms with Gasteiger partial charge in [0.2, 0.25) is 0 Å². The van der Waals surface area contributed by atoms with Crippen molar-refractivity contribution < 1.29 is 23.0 Å². The summed E-state index contributed by atoms with van der Waals surface area (Å²) in [6.45, 7) is -3.02. The number of carbonyl (C=O) groups excluding carboxylic acids is 1. The molecule has 7 nitrogen and oxygen atoms in total. The Balaban J connectivity index is 2.32. The monoisotopic (exact) mass is 366 g/mol. The zero-order valence-corrected chi connectivity index (χ0v) is 14.2. The fourth-order valence-corrected chi connectivity index (χ4v) is 2.23. The van der Waals surface area contributed by atoms with Crippen LogP contribution in [0.15, 0.2) is 40.1 Å². The van der Waals surface area contributed by atoms with E-state index in [-0.39, 0.29) is 22.6 Å². The second-order valence-electron chi connectivity index (χ2n) is 5.28. The predicted octanol–water partition coefficient (Wildman–Crippen LogP) is 1.59. The van der Waals surface area contributed by atoms with Gasteiger partial charge in [-0.05, 0) is 30.4 Å². The van der Waals surface area contributed by atoms with Gasteiger partial charge in [0.15, 0.2) is 17.3 Å². The van der Waals surface area contributed by atoms with Gasteiger partial charge < -0.3 is 14.0 Å². The minimum absolute atomic E-state index is 0.0254. The molecule has 0 radical (unpaired) electrons. The summed E-state index contributed by atoms with van der Waals surface area (Å²) in [5.41, 5.74) is -0.734. The van der Waals surface area contributed by atoms with E-state index in [1.807, 2.05) is 0 Å². The molecule has 0 atom stereocenters. The van der Waals surface area contributed by atoms with Gasteiger partial charge in [0.25, 0.3) is 5.56 Å². The molecule has 0 spiro atoms. The second-order valence-corrected chi connectivity index (χ2v) is 5.28. The van der Waals surface area contributed by atoms with Gasteiger partial charge in [-0.3, -0.25) is 14.2 Å². The third kappa shape index (κ3) is 4.05. The first-order chi connectivity index (χ1) is 12.2. The van der Waals surface area contributed by atoms with Gasteiger partial charge in [0, 0.05) is 25.9 Å². The number of carbonyl (C=O) groups is 1. The zero-order valence-electron chi connectivity index (χ0n) is 14.2. The average molecular weight is 366 g/mol. The number of methoxy groups -OCH3 is 1. The van der Waals surface area contributed by atoms with Gasteiger partial charge in [-0.15, -0.1) is 0 Å². The summed E-state index contributed by atoms with van der Waals surface area (Å²) in [6, 6.07) is 3.74. The molecule has 138 valence electrons. The summed E-state index contributed by atoms with van der Waals surface area (Å²) < 4.78 is 36.0. The number of aromatic nitrogens is 2. The molecule has 0 N–H and O–H groups in total. The molecule has 1 aromatic heterocycles.